The Morgan fingerprint density at radius 1 is 1.09 bits per heavy atom. The van der Waals surface area contributed by atoms with Gasteiger partial charge in [0.2, 0.25) is 21.8 Å². The summed E-state index contributed by atoms with van der Waals surface area (Å²) >= 11 is 5.81. The molecule has 0 aliphatic carbocycles. The van der Waals surface area contributed by atoms with Crippen molar-refractivity contribution in [2.45, 2.75) is 39.3 Å². The summed E-state index contributed by atoms with van der Waals surface area (Å²) in [5, 5.41) is 2.46. The van der Waals surface area contributed by atoms with Crippen molar-refractivity contribution >= 4 is 39.1 Å². The molecular formula is C23H28ClF2N3O4S. The summed E-state index contributed by atoms with van der Waals surface area (Å²) in [6.45, 7) is 3.35. The molecule has 1 atom stereocenters. The van der Waals surface area contributed by atoms with Gasteiger partial charge in [-0.1, -0.05) is 37.6 Å². The molecule has 1 N–H and O–H groups in total. The standard InChI is InChI=1S/C23H28ClF2N3O4S/c1-4-12-27-23(31)21(5-2)28(14-16-6-8-17(25)9-7-16)22(30)15-29(34(3,32)33)18-10-11-20(26)19(24)13-18/h6-11,13,21H,4-5,12,14-15H2,1-3H3,(H,27,31)/t21-/m0/s1. The molecule has 2 aromatic carbocycles. The summed E-state index contributed by atoms with van der Waals surface area (Å²) in [6.07, 6.45) is 1.87. The van der Waals surface area contributed by atoms with E-state index < -0.39 is 40.2 Å². The van der Waals surface area contributed by atoms with Gasteiger partial charge in [0.25, 0.3) is 0 Å². The molecule has 0 aromatic heterocycles. The first-order valence-electron chi connectivity index (χ1n) is 10.7. The van der Waals surface area contributed by atoms with Crippen molar-refractivity contribution in [3.8, 4) is 0 Å². The van der Waals surface area contributed by atoms with Gasteiger partial charge in [-0.15, -0.1) is 0 Å². The predicted octanol–water partition coefficient (Wildman–Crippen LogP) is 3.72. The van der Waals surface area contributed by atoms with Gasteiger partial charge in [-0.3, -0.25) is 13.9 Å². The second-order valence-electron chi connectivity index (χ2n) is 7.73. The zero-order chi connectivity index (χ0) is 25.5. The van der Waals surface area contributed by atoms with Gasteiger partial charge in [0.05, 0.1) is 17.0 Å². The highest BCUT2D eigenvalue weighted by Crippen LogP contribution is 2.25. The number of sulfonamides is 1. The molecule has 7 nitrogen and oxygen atoms in total. The van der Waals surface area contributed by atoms with E-state index in [1.165, 1.54) is 35.2 Å². The van der Waals surface area contributed by atoms with E-state index in [2.05, 4.69) is 5.32 Å². The lowest BCUT2D eigenvalue weighted by Gasteiger charge is -2.33. The number of anilines is 1. The summed E-state index contributed by atoms with van der Waals surface area (Å²) in [5.74, 6) is -2.23. The van der Waals surface area contributed by atoms with Crippen LogP contribution in [0.2, 0.25) is 5.02 Å². The smallest absolute Gasteiger partial charge is 0.244 e. The molecular weight excluding hydrogens is 488 g/mol. The molecule has 0 heterocycles. The van der Waals surface area contributed by atoms with Gasteiger partial charge in [0, 0.05) is 13.1 Å². The fraction of sp³-hybridized carbons (Fsp3) is 0.391. The lowest BCUT2D eigenvalue weighted by Crippen LogP contribution is -2.52. The minimum atomic E-state index is -3.97. The van der Waals surface area contributed by atoms with Crippen molar-refractivity contribution in [1.82, 2.24) is 10.2 Å². The van der Waals surface area contributed by atoms with Gasteiger partial charge in [-0.05, 0) is 48.7 Å². The molecule has 0 aliphatic rings. The van der Waals surface area contributed by atoms with Gasteiger partial charge in [0.1, 0.15) is 24.2 Å². The highest BCUT2D eigenvalue weighted by atomic mass is 35.5. The van der Waals surface area contributed by atoms with Gasteiger partial charge in [-0.2, -0.15) is 0 Å². The Kier molecular flexibility index (Phi) is 9.81. The zero-order valence-corrected chi connectivity index (χ0v) is 20.8. The van der Waals surface area contributed by atoms with Gasteiger partial charge in [0.15, 0.2) is 0 Å². The van der Waals surface area contributed by atoms with Crippen LogP contribution in [-0.4, -0.2) is 50.5 Å². The highest BCUT2D eigenvalue weighted by Gasteiger charge is 2.31. The molecule has 0 fully saturated rings. The van der Waals surface area contributed by atoms with Crippen molar-refractivity contribution in [2.24, 2.45) is 0 Å². The van der Waals surface area contributed by atoms with Crippen LogP contribution in [0.15, 0.2) is 42.5 Å². The largest absolute Gasteiger partial charge is 0.354 e. The highest BCUT2D eigenvalue weighted by molar-refractivity contribution is 7.92. The Balaban J connectivity index is 2.43. The summed E-state index contributed by atoms with van der Waals surface area (Å²) in [7, 11) is -3.97. The number of carbonyl (C=O) groups excluding carboxylic acids is 2. The molecule has 0 aliphatic heterocycles. The number of halogens is 3. The molecule has 186 valence electrons. The maximum atomic E-state index is 13.6. The third-order valence-corrected chi connectivity index (χ3v) is 6.50. The molecule has 34 heavy (non-hydrogen) atoms. The number of benzene rings is 2. The molecule has 0 radical (unpaired) electrons. The topological polar surface area (TPSA) is 86.8 Å². The van der Waals surface area contributed by atoms with Crippen LogP contribution in [0, 0.1) is 11.6 Å². The number of nitrogens with zero attached hydrogens (tertiary/aromatic N) is 2. The summed E-state index contributed by atoms with van der Waals surface area (Å²) in [4.78, 5) is 27.5. The number of rotatable bonds is 11. The van der Waals surface area contributed by atoms with Crippen LogP contribution >= 0.6 is 11.6 Å². The minimum absolute atomic E-state index is 0.00691. The van der Waals surface area contributed by atoms with Crippen molar-refractivity contribution in [1.29, 1.82) is 0 Å². The van der Waals surface area contributed by atoms with Crippen LogP contribution in [0.4, 0.5) is 14.5 Å². The maximum absolute atomic E-state index is 13.6. The second kappa shape index (κ2) is 12.1. The van der Waals surface area contributed by atoms with E-state index in [9.17, 15) is 26.8 Å². The number of hydrogen-bond acceptors (Lipinski definition) is 4. The Morgan fingerprint density at radius 2 is 1.74 bits per heavy atom. The third kappa shape index (κ3) is 7.39. The SMILES string of the molecule is CCCNC(=O)[C@H](CC)N(Cc1ccc(F)cc1)C(=O)CN(c1ccc(F)c(Cl)c1)S(C)(=O)=O. The van der Waals surface area contributed by atoms with Crippen molar-refractivity contribution in [2.75, 3.05) is 23.7 Å². The molecule has 0 unspecified atom stereocenters. The van der Waals surface area contributed by atoms with E-state index >= 15 is 0 Å². The van der Waals surface area contributed by atoms with E-state index in [1.54, 1.807) is 6.92 Å². The molecule has 0 saturated heterocycles. The lowest BCUT2D eigenvalue weighted by atomic mass is 10.1. The normalized spacial score (nSPS) is 12.2. The van der Waals surface area contributed by atoms with Gasteiger partial charge in [-0.25, -0.2) is 17.2 Å². The summed E-state index contributed by atoms with van der Waals surface area (Å²) in [6, 6.07) is 7.87. The van der Waals surface area contributed by atoms with E-state index in [4.69, 9.17) is 11.6 Å². The molecule has 11 heteroatoms. The molecule has 2 amide bonds. The average Bonchev–Trinajstić information content (AvgIpc) is 2.78. The number of hydrogen-bond donors (Lipinski definition) is 1. The fourth-order valence-electron chi connectivity index (χ4n) is 3.33. The van der Waals surface area contributed by atoms with Crippen molar-refractivity contribution in [3.63, 3.8) is 0 Å². The summed E-state index contributed by atoms with van der Waals surface area (Å²) in [5.41, 5.74) is 0.569. The number of nitrogens with one attached hydrogen (secondary N) is 1. The van der Waals surface area contributed by atoms with E-state index in [0.29, 0.717) is 18.5 Å². The van der Waals surface area contributed by atoms with Crippen molar-refractivity contribution in [3.05, 3.63) is 64.7 Å². The summed E-state index contributed by atoms with van der Waals surface area (Å²) < 4.78 is 52.8. The van der Waals surface area contributed by atoms with Crippen LogP contribution in [0.25, 0.3) is 0 Å². The van der Waals surface area contributed by atoms with Crippen LogP contribution < -0.4 is 9.62 Å². The van der Waals surface area contributed by atoms with Crippen LogP contribution in [0.3, 0.4) is 0 Å². The third-order valence-electron chi connectivity index (χ3n) is 5.07. The maximum Gasteiger partial charge on any atom is 0.244 e. The molecule has 0 bridgehead atoms. The van der Waals surface area contributed by atoms with Gasteiger partial charge < -0.3 is 10.2 Å². The Hall–Kier alpha value is -2.72. The van der Waals surface area contributed by atoms with Crippen LogP contribution in [0.5, 0.6) is 0 Å². The Morgan fingerprint density at radius 3 is 2.26 bits per heavy atom. The average molecular weight is 516 g/mol. The second-order valence-corrected chi connectivity index (χ2v) is 10.0. The fourth-order valence-corrected chi connectivity index (χ4v) is 4.34. The Labute approximate surface area is 203 Å². The first-order valence-corrected chi connectivity index (χ1v) is 12.9. The molecule has 2 aromatic rings. The number of carbonyl (C=O) groups is 2. The predicted molar refractivity (Wildman–Crippen MR) is 128 cm³/mol. The molecule has 0 saturated carbocycles. The zero-order valence-electron chi connectivity index (χ0n) is 19.2. The van der Waals surface area contributed by atoms with E-state index in [1.807, 2.05) is 6.92 Å². The van der Waals surface area contributed by atoms with Crippen molar-refractivity contribution < 1.29 is 26.8 Å². The monoisotopic (exact) mass is 515 g/mol. The van der Waals surface area contributed by atoms with E-state index in [-0.39, 0.29) is 29.6 Å². The first kappa shape index (κ1) is 27.5. The van der Waals surface area contributed by atoms with Crippen LogP contribution in [-0.2, 0) is 26.2 Å². The quantitative estimate of drug-likeness (QED) is 0.494. The number of amides is 2. The minimum Gasteiger partial charge on any atom is -0.354 e. The van der Waals surface area contributed by atoms with Crippen LogP contribution in [0.1, 0.15) is 32.3 Å². The van der Waals surface area contributed by atoms with E-state index in [0.717, 1.165) is 22.7 Å². The molecule has 0 spiro atoms. The van der Waals surface area contributed by atoms with Gasteiger partial charge >= 0.3 is 0 Å². The lowest BCUT2D eigenvalue weighted by molar-refractivity contribution is -0.140. The Bertz CT molecular complexity index is 1110. The molecule has 2 rings (SSSR count). The first-order chi connectivity index (χ1) is 16.0.